The van der Waals surface area contributed by atoms with Gasteiger partial charge >= 0.3 is 0 Å². The van der Waals surface area contributed by atoms with Crippen LogP contribution in [-0.2, 0) is 0 Å². The molecule has 1 fully saturated rings. The van der Waals surface area contributed by atoms with E-state index in [0.717, 1.165) is 15.3 Å². The molecule has 2 aromatic rings. The second-order valence-corrected chi connectivity index (χ2v) is 7.23. The van der Waals surface area contributed by atoms with Crippen molar-refractivity contribution in [2.24, 2.45) is 5.41 Å². The van der Waals surface area contributed by atoms with Crippen molar-refractivity contribution in [1.82, 2.24) is 19.6 Å². The standard InChI is InChI=1S/C14H19IN4/c1-14(2)7-4-3-5-10(9-14)12-17-11-6-8-16-19(11)13(15)18-12/h6,8,10H,3-5,7,9H2,1-2H3. The highest BCUT2D eigenvalue weighted by atomic mass is 127. The number of nitrogens with zero attached hydrogens (tertiary/aromatic N) is 4. The summed E-state index contributed by atoms with van der Waals surface area (Å²) in [4.78, 5) is 9.39. The minimum absolute atomic E-state index is 0.405. The highest BCUT2D eigenvalue weighted by Gasteiger charge is 2.29. The molecule has 0 aromatic carbocycles. The summed E-state index contributed by atoms with van der Waals surface area (Å²) in [5, 5.41) is 4.24. The zero-order valence-corrected chi connectivity index (χ0v) is 13.6. The first kappa shape index (κ1) is 13.3. The number of rotatable bonds is 1. The van der Waals surface area contributed by atoms with Gasteiger partial charge in [-0.2, -0.15) is 9.61 Å². The lowest BCUT2D eigenvalue weighted by Gasteiger charge is -2.25. The summed E-state index contributed by atoms with van der Waals surface area (Å²) in [5.41, 5.74) is 1.32. The molecule has 0 amide bonds. The fourth-order valence-electron chi connectivity index (χ4n) is 3.08. The van der Waals surface area contributed by atoms with E-state index in [1.807, 2.05) is 6.07 Å². The summed E-state index contributed by atoms with van der Waals surface area (Å²) in [6.45, 7) is 4.74. The molecule has 1 aliphatic carbocycles. The van der Waals surface area contributed by atoms with Crippen molar-refractivity contribution in [3.63, 3.8) is 0 Å². The van der Waals surface area contributed by atoms with Crippen LogP contribution >= 0.6 is 22.6 Å². The Bertz CT molecular complexity index is 590. The lowest BCUT2D eigenvalue weighted by molar-refractivity contribution is 0.294. The second kappa shape index (κ2) is 5.00. The summed E-state index contributed by atoms with van der Waals surface area (Å²) >= 11 is 2.24. The predicted molar refractivity (Wildman–Crippen MR) is 83.1 cm³/mol. The Hall–Kier alpha value is -0.720. The van der Waals surface area contributed by atoms with Gasteiger partial charge in [-0.1, -0.05) is 26.7 Å². The van der Waals surface area contributed by atoms with Crippen LogP contribution in [0.5, 0.6) is 0 Å². The molecule has 4 nitrogen and oxygen atoms in total. The lowest BCUT2D eigenvalue weighted by Crippen LogP contribution is -2.16. The van der Waals surface area contributed by atoms with Crippen LogP contribution in [0.1, 0.15) is 57.7 Å². The average molecular weight is 370 g/mol. The first-order valence-corrected chi connectivity index (χ1v) is 8.00. The molecule has 5 heteroatoms. The van der Waals surface area contributed by atoms with Crippen LogP contribution in [0.25, 0.3) is 5.65 Å². The Labute approximate surface area is 127 Å². The predicted octanol–water partition coefficient (Wildman–Crippen LogP) is 3.80. The van der Waals surface area contributed by atoms with Crippen molar-refractivity contribution >= 4 is 28.2 Å². The van der Waals surface area contributed by atoms with E-state index in [9.17, 15) is 0 Å². The van der Waals surface area contributed by atoms with Crippen molar-refractivity contribution in [3.05, 3.63) is 21.9 Å². The maximum atomic E-state index is 4.71. The zero-order chi connectivity index (χ0) is 13.5. The van der Waals surface area contributed by atoms with Crippen LogP contribution in [0.2, 0.25) is 0 Å². The van der Waals surface area contributed by atoms with Gasteiger partial charge in [-0.25, -0.2) is 9.97 Å². The van der Waals surface area contributed by atoms with Crippen LogP contribution in [0.15, 0.2) is 12.3 Å². The highest BCUT2D eigenvalue weighted by molar-refractivity contribution is 14.1. The lowest BCUT2D eigenvalue weighted by atomic mass is 9.81. The van der Waals surface area contributed by atoms with Crippen molar-refractivity contribution in [2.45, 2.75) is 51.9 Å². The molecule has 0 saturated heterocycles. The van der Waals surface area contributed by atoms with Gasteiger partial charge in [0.15, 0.2) is 9.48 Å². The average Bonchev–Trinajstić information content (AvgIpc) is 2.74. The van der Waals surface area contributed by atoms with Gasteiger partial charge in [0.05, 0.1) is 6.20 Å². The summed E-state index contributed by atoms with van der Waals surface area (Å²) in [6.07, 6.45) is 8.12. The first-order chi connectivity index (χ1) is 9.05. The van der Waals surface area contributed by atoms with Gasteiger partial charge in [-0.05, 0) is 24.7 Å². The third kappa shape index (κ3) is 2.75. The van der Waals surface area contributed by atoms with Crippen LogP contribution in [0.4, 0.5) is 0 Å². The van der Waals surface area contributed by atoms with E-state index in [1.165, 1.54) is 32.1 Å². The summed E-state index contributed by atoms with van der Waals surface area (Å²) in [7, 11) is 0. The number of hydrogen-bond acceptors (Lipinski definition) is 3. The molecule has 0 radical (unpaired) electrons. The Kier molecular flexibility index (Phi) is 3.49. The summed E-state index contributed by atoms with van der Waals surface area (Å²) < 4.78 is 2.70. The van der Waals surface area contributed by atoms with Gasteiger partial charge in [0, 0.05) is 34.6 Å². The van der Waals surface area contributed by atoms with E-state index in [1.54, 1.807) is 10.7 Å². The van der Waals surface area contributed by atoms with Gasteiger partial charge in [-0.3, -0.25) is 0 Å². The molecule has 0 bridgehead atoms. The molecule has 19 heavy (non-hydrogen) atoms. The quantitative estimate of drug-likeness (QED) is 0.567. The minimum Gasteiger partial charge on any atom is -0.213 e. The van der Waals surface area contributed by atoms with Crippen LogP contribution in [0, 0.1) is 9.25 Å². The van der Waals surface area contributed by atoms with Crippen molar-refractivity contribution in [3.8, 4) is 0 Å². The van der Waals surface area contributed by atoms with Gasteiger partial charge in [0.2, 0.25) is 0 Å². The van der Waals surface area contributed by atoms with E-state index in [4.69, 9.17) is 4.98 Å². The summed E-state index contributed by atoms with van der Waals surface area (Å²) in [5.74, 6) is 1.50. The molecule has 1 unspecified atom stereocenters. The molecule has 0 aliphatic heterocycles. The van der Waals surface area contributed by atoms with E-state index in [0.29, 0.717) is 11.3 Å². The number of aromatic nitrogens is 4. The van der Waals surface area contributed by atoms with Gasteiger partial charge < -0.3 is 0 Å². The van der Waals surface area contributed by atoms with E-state index < -0.39 is 0 Å². The molecule has 0 N–H and O–H groups in total. The normalized spacial score (nSPS) is 23.4. The topological polar surface area (TPSA) is 43.1 Å². The molecule has 1 aliphatic rings. The smallest absolute Gasteiger partial charge is 0.195 e. The van der Waals surface area contributed by atoms with Gasteiger partial charge in [0.25, 0.3) is 0 Å². The van der Waals surface area contributed by atoms with E-state index >= 15 is 0 Å². The molecule has 2 heterocycles. The third-order valence-electron chi connectivity index (χ3n) is 4.05. The molecule has 1 atom stereocenters. The molecule has 2 aromatic heterocycles. The monoisotopic (exact) mass is 370 g/mol. The Morgan fingerprint density at radius 3 is 3.00 bits per heavy atom. The number of fused-ring (bicyclic) bond motifs is 1. The second-order valence-electron chi connectivity index (χ2n) is 6.26. The molecule has 3 rings (SSSR count). The van der Waals surface area contributed by atoms with Crippen molar-refractivity contribution in [2.75, 3.05) is 0 Å². The Morgan fingerprint density at radius 2 is 2.16 bits per heavy atom. The SMILES string of the molecule is CC1(C)CCCCC(c2nc(I)n3nccc3n2)C1. The first-order valence-electron chi connectivity index (χ1n) is 6.92. The number of hydrogen-bond donors (Lipinski definition) is 0. The number of halogens is 1. The van der Waals surface area contributed by atoms with E-state index in [-0.39, 0.29) is 0 Å². The maximum Gasteiger partial charge on any atom is 0.195 e. The van der Waals surface area contributed by atoms with Crippen molar-refractivity contribution < 1.29 is 0 Å². The maximum absolute atomic E-state index is 4.71. The van der Waals surface area contributed by atoms with Crippen LogP contribution in [0.3, 0.4) is 0 Å². The van der Waals surface area contributed by atoms with Crippen molar-refractivity contribution in [1.29, 1.82) is 0 Å². The molecule has 0 spiro atoms. The highest BCUT2D eigenvalue weighted by Crippen LogP contribution is 2.40. The molecule has 102 valence electrons. The third-order valence-corrected chi connectivity index (χ3v) is 4.75. The fourth-order valence-corrected chi connectivity index (χ4v) is 3.69. The Balaban J connectivity index is 1.98. The zero-order valence-electron chi connectivity index (χ0n) is 11.4. The Morgan fingerprint density at radius 1 is 1.32 bits per heavy atom. The fraction of sp³-hybridized carbons (Fsp3) is 0.643. The van der Waals surface area contributed by atoms with Gasteiger partial charge in [0.1, 0.15) is 5.82 Å². The summed E-state index contributed by atoms with van der Waals surface area (Å²) in [6, 6.07) is 1.95. The minimum atomic E-state index is 0.405. The molecular formula is C14H19IN4. The van der Waals surface area contributed by atoms with Crippen LogP contribution in [-0.4, -0.2) is 19.6 Å². The largest absolute Gasteiger partial charge is 0.213 e. The molecular weight excluding hydrogens is 351 g/mol. The van der Waals surface area contributed by atoms with Crippen LogP contribution < -0.4 is 0 Å². The van der Waals surface area contributed by atoms with Gasteiger partial charge in [-0.15, -0.1) is 0 Å². The molecule has 1 saturated carbocycles. The van der Waals surface area contributed by atoms with E-state index in [2.05, 4.69) is 46.5 Å².